The molecule has 222 valence electrons. The fourth-order valence-electron chi connectivity index (χ4n) is 4.42. The summed E-state index contributed by atoms with van der Waals surface area (Å²) in [7, 11) is 1.56. The SMILES string of the molecule is CCOC(Cc1csc2ccccc12)(OCC)[C@H](C)NC(=O)[C@H](C)NC(=O)CN(C)NC(=O)NCc1ccncc1. The van der Waals surface area contributed by atoms with Crippen LogP contribution in [0, 0.1) is 0 Å². The molecule has 4 N–H and O–H groups in total. The fourth-order valence-corrected chi connectivity index (χ4v) is 5.39. The Hall–Kier alpha value is -3.58. The summed E-state index contributed by atoms with van der Waals surface area (Å²) < 4.78 is 13.5. The van der Waals surface area contributed by atoms with Crippen molar-refractivity contribution in [2.75, 3.05) is 26.8 Å². The number of hydrazine groups is 1. The molecule has 2 atom stereocenters. The lowest BCUT2D eigenvalue weighted by Crippen LogP contribution is -2.59. The van der Waals surface area contributed by atoms with Crippen molar-refractivity contribution < 1.29 is 23.9 Å². The maximum absolute atomic E-state index is 13.1. The van der Waals surface area contributed by atoms with E-state index in [1.165, 1.54) is 9.71 Å². The average molecular weight is 585 g/mol. The van der Waals surface area contributed by atoms with Gasteiger partial charge in [0.2, 0.25) is 11.8 Å². The topological polar surface area (TPSA) is 134 Å². The van der Waals surface area contributed by atoms with Crippen LogP contribution in [0.2, 0.25) is 0 Å². The Labute approximate surface area is 245 Å². The van der Waals surface area contributed by atoms with E-state index in [1.54, 1.807) is 49.8 Å². The molecule has 0 bridgehead atoms. The molecule has 0 aliphatic carbocycles. The number of rotatable bonds is 15. The van der Waals surface area contributed by atoms with Gasteiger partial charge < -0.3 is 25.4 Å². The van der Waals surface area contributed by atoms with Gasteiger partial charge in [-0.3, -0.25) is 20.0 Å². The fraction of sp³-hybridized carbons (Fsp3) is 0.448. The lowest BCUT2D eigenvalue weighted by Gasteiger charge is -2.39. The lowest BCUT2D eigenvalue weighted by atomic mass is 9.97. The summed E-state index contributed by atoms with van der Waals surface area (Å²) in [5, 5.41) is 12.9. The van der Waals surface area contributed by atoms with Gasteiger partial charge in [-0.25, -0.2) is 9.80 Å². The number of hydrogen-bond acceptors (Lipinski definition) is 8. The van der Waals surface area contributed by atoms with Crippen LogP contribution in [0.3, 0.4) is 0 Å². The van der Waals surface area contributed by atoms with E-state index in [-0.39, 0.29) is 12.5 Å². The molecule has 0 fully saturated rings. The van der Waals surface area contributed by atoms with Gasteiger partial charge in [-0.15, -0.1) is 11.3 Å². The van der Waals surface area contributed by atoms with E-state index in [1.807, 2.05) is 32.9 Å². The number of nitrogens with zero attached hydrogens (tertiary/aromatic N) is 2. The molecule has 1 aromatic carbocycles. The van der Waals surface area contributed by atoms with E-state index >= 15 is 0 Å². The maximum atomic E-state index is 13.1. The van der Waals surface area contributed by atoms with Gasteiger partial charge in [-0.05, 0) is 67.8 Å². The molecular formula is C29H40N6O5S. The van der Waals surface area contributed by atoms with Crippen LogP contribution in [0.4, 0.5) is 4.79 Å². The molecule has 0 saturated heterocycles. The second-order valence-corrected chi connectivity index (χ2v) is 10.5. The zero-order chi connectivity index (χ0) is 29.8. The quantitative estimate of drug-likeness (QED) is 0.159. The van der Waals surface area contributed by atoms with E-state index in [2.05, 4.69) is 43.9 Å². The number of pyridine rings is 1. The van der Waals surface area contributed by atoms with Gasteiger partial charge in [0.1, 0.15) is 6.04 Å². The predicted octanol–water partition coefficient (Wildman–Crippen LogP) is 2.96. The van der Waals surface area contributed by atoms with Crippen molar-refractivity contribution in [1.29, 1.82) is 0 Å². The molecule has 11 nitrogen and oxygen atoms in total. The zero-order valence-electron chi connectivity index (χ0n) is 24.2. The van der Waals surface area contributed by atoms with Gasteiger partial charge >= 0.3 is 6.03 Å². The van der Waals surface area contributed by atoms with Crippen LogP contribution in [0.15, 0.2) is 54.2 Å². The van der Waals surface area contributed by atoms with Crippen molar-refractivity contribution in [3.05, 3.63) is 65.3 Å². The highest BCUT2D eigenvalue weighted by Gasteiger charge is 2.40. The van der Waals surface area contributed by atoms with E-state index < -0.39 is 29.8 Å². The number of nitrogens with one attached hydrogen (secondary N) is 4. The molecule has 4 amide bonds. The Morgan fingerprint density at radius 2 is 1.71 bits per heavy atom. The molecule has 3 aromatic rings. The van der Waals surface area contributed by atoms with Crippen LogP contribution in [0.25, 0.3) is 10.1 Å². The first-order valence-electron chi connectivity index (χ1n) is 13.6. The first-order chi connectivity index (χ1) is 19.7. The molecular weight excluding hydrogens is 544 g/mol. The number of amides is 4. The van der Waals surface area contributed by atoms with Gasteiger partial charge in [-0.2, -0.15) is 0 Å². The number of carbonyl (C=O) groups excluding carboxylic acids is 3. The number of aromatic nitrogens is 1. The minimum absolute atomic E-state index is 0.150. The summed E-state index contributed by atoms with van der Waals surface area (Å²) in [5.41, 5.74) is 4.54. The number of fused-ring (bicyclic) bond motifs is 1. The molecule has 3 rings (SSSR count). The molecule has 0 unspecified atom stereocenters. The van der Waals surface area contributed by atoms with Crippen molar-refractivity contribution >= 4 is 39.3 Å². The molecule has 0 spiro atoms. The normalized spacial score (nSPS) is 13.0. The molecule has 2 heterocycles. The summed E-state index contributed by atoms with van der Waals surface area (Å²) in [5.74, 6) is -1.90. The molecule has 0 aliphatic rings. The van der Waals surface area contributed by atoms with Crippen molar-refractivity contribution in [3.63, 3.8) is 0 Å². The molecule has 12 heteroatoms. The van der Waals surface area contributed by atoms with E-state index in [0.717, 1.165) is 16.5 Å². The minimum atomic E-state index is -1.10. The summed E-state index contributed by atoms with van der Waals surface area (Å²) >= 11 is 1.66. The monoisotopic (exact) mass is 584 g/mol. The van der Waals surface area contributed by atoms with Gasteiger partial charge in [0.05, 0.1) is 12.6 Å². The summed E-state index contributed by atoms with van der Waals surface area (Å²) in [6.45, 7) is 8.18. The third kappa shape index (κ3) is 9.22. The third-order valence-corrected chi connectivity index (χ3v) is 7.45. The van der Waals surface area contributed by atoms with E-state index in [9.17, 15) is 14.4 Å². The number of ether oxygens (including phenoxy) is 2. The third-order valence-electron chi connectivity index (χ3n) is 6.44. The largest absolute Gasteiger partial charge is 0.348 e. The first-order valence-corrected chi connectivity index (χ1v) is 14.5. The van der Waals surface area contributed by atoms with Gasteiger partial charge in [-0.1, -0.05) is 18.2 Å². The highest BCUT2D eigenvalue weighted by Crippen LogP contribution is 2.32. The molecule has 0 radical (unpaired) electrons. The Balaban J connectivity index is 1.54. The van der Waals surface area contributed by atoms with Gasteiger partial charge in [0.25, 0.3) is 0 Å². The Morgan fingerprint density at radius 1 is 1.02 bits per heavy atom. The zero-order valence-corrected chi connectivity index (χ0v) is 25.0. The maximum Gasteiger partial charge on any atom is 0.329 e. The second kappa shape index (κ2) is 15.4. The first kappa shape index (κ1) is 31.9. The number of carbonyl (C=O) groups is 3. The number of benzene rings is 1. The van der Waals surface area contributed by atoms with E-state index in [4.69, 9.17) is 9.47 Å². The summed E-state index contributed by atoms with van der Waals surface area (Å²) in [6, 6.07) is 9.92. The van der Waals surface area contributed by atoms with Gasteiger partial charge in [0.15, 0.2) is 5.79 Å². The van der Waals surface area contributed by atoms with Crippen LogP contribution in [-0.4, -0.2) is 72.5 Å². The highest BCUT2D eigenvalue weighted by atomic mass is 32.1. The van der Waals surface area contributed by atoms with Gasteiger partial charge in [0, 0.05) is 50.3 Å². The summed E-state index contributed by atoms with van der Waals surface area (Å²) in [6.07, 6.45) is 3.73. The Morgan fingerprint density at radius 3 is 2.39 bits per heavy atom. The predicted molar refractivity (Wildman–Crippen MR) is 159 cm³/mol. The van der Waals surface area contributed by atoms with Crippen LogP contribution in [0.5, 0.6) is 0 Å². The smallest absolute Gasteiger partial charge is 0.329 e. The Bertz CT molecular complexity index is 1280. The van der Waals surface area contributed by atoms with Crippen LogP contribution >= 0.6 is 11.3 Å². The van der Waals surface area contributed by atoms with Crippen molar-refractivity contribution in [2.24, 2.45) is 0 Å². The minimum Gasteiger partial charge on any atom is -0.348 e. The number of likely N-dealkylation sites (N-methyl/N-ethyl adjacent to an activating group) is 1. The Kier molecular flexibility index (Phi) is 12.0. The summed E-state index contributed by atoms with van der Waals surface area (Å²) in [4.78, 5) is 41.8. The molecule has 2 aromatic heterocycles. The molecule has 0 aliphatic heterocycles. The molecule has 0 saturated carbocycles. The lowest BCUT2D eigenvalue weighted by molar-refractivity contribution is -0.246. The number of urea groups is 1. The van der Waals surface area contributed by atoms with Crippen LogP contribution in [0.1, 0.15) is 38.8 Å². The number of hydrogen-bond donors (Lipinski definition) is 4. The highest BCUT2D eigenvalue weighted by molar-refractivity contribution is 7.17. The molecule has 41 heavy (non-hydrogen) atoms. The van der Waals surface area contributed by atoms with E-state index in [0.29, 0.717) is 26.2 Å². The van der Waals surface area contributed by atoms with Crippen LogP contribution < -0.4 is 21.4 Å². The number of thiophene rings is 1. The second-order valence-electron chi connectivity index (χ2n) is 9.64. The average Bonchev–Trinajstić information content (AvgIpc) is 3.34. The van der Waals surface area contributed by atoms with Crippen molar-refractivity contribution in [2.45, 2.75) is 58.5 Å². The van der Waals surface area contributed by atoms with Crippen LogP contribution in [-0.2, 0) is 32.0 Å². The van der Waals surface area contributed by atoms with Crippen molar-refractivity contribution in [3.8, 4) is 0 Å². The van der Waals surface area contributed by atoms with Crippen molar-refractivity contribution in [1.82, 2.24) is 31.4 Å². The standard InChI is InChI=1S/C29H40N6O5S/c1-6-39-29(40-7-2,16-23-19-41-25-11-9-8-10-24(23)25)21(4)33-27(37)20(3)32-26(36)18-35(5)34-28(38)31-17-22-12-14-30-15-13-22/h8-15,19-21H,6-7,16-18H2,1-5H3,(H,32,36)(H,33,37)(H2,31,34,38)/t20-,21-/m0/s1.